The van der Waals surface area contributed by atoms with Gasteiger partial charge in [-0.05, 0) is 98.5 Å². The van der Waals surface area contributed by atoms with Crippen LogP contribution in [0.25, 0.3) is 5.57 Å². The summed E-state index contributed by atoms with van der Waals surface area (Å²) in [6, 6.07) is 17.0. The molecule has 0 spiro atoms. The third-order valence-electron chi connectivity index (χ3n) is 13.4. The standard InChI is InChI=1S/C50H55N4O8.ClH/c1-32-11-13-41-43(25-32)60-23-24-61-44-28-33(12-14-42(44)53(29-36(56)31-55)19-21-59-22-20-54(41)30-45(57)58-2)46-39-26-34-7-3-15-51-17-5-9-37(47(34)51)49(39)62-50-38-10-6-18-52-16-4-8-35(48(38)52)27-40(46)50;/h11-14,25-28,31H,3-10,15-24,29-30H2,1-2H3;1H/q+1;/p-1. The van der Waals surface area contributed by atoms with E-state index in [1.807, 2.05) is 41.0 Å². The fourth-order valence-electron chi connectivity index (χ4n) is 10.6. The lowest BCUT2D eigenvalue weighted by atomic mass is 9.82. The van der Waals surface area contributed by atoms with Crippen LogP contribution in [0.15, 0.2) is 48.5 Å². The number of aryl methyl sites for hydroxylation is 3. The Morgan fingerprint density at radius 1 is 0.746 bits per heavy atom. The van der Waals surface area contributed by atoms with Gasteiger partial charge in [-0.2, -0.15) is 0 Å². The summed E-state index contributed by atoms with van der Waals surface area (Å²) in [5.74, 6) is 2.25. The molecule has 0 saturated heterocycles. The first-order chi connectivity index (χ1) is 30.4. The highest BCUT2D eigenvalue weighted by Gasteiger charge is 2.36. The molecule has 330 valence electrons. The van der Waals surface area contributed by atoms with Gasteiger partial charge in [0.2, 0.25) is 11.1 Å². The van der Waals surface area contributed by atoms with Crippen LogP contribution >= 0.6 is 0 Å². The molecule has 0 fully saturated rings. The van der Waals surface area contributed by atoms with Crippen molar-refractivity contribution in [3.63, 3.8) is 0 Å². The summed E-state index contributed by atoms with van der Waals surface area (Å²) in [5, 5.41) is 2.50. The fourth-order valence-corrected chi connectivity index (χ4v) is 10.6. The van der Waals surface area contributed by atoms with Crippen molar-refractivity contribution in [1.29, 1.82) is 0 Å². The largest absolute Gasteiger partial charge is 1.00 e. The number of fused-ring (bicyclic) bond motifs is 6. The van der Waals surface area contributed by atoms with E-state index < -0.39 is 5.78 Å². The molecule has 4 aromatic carbocycles. The number of hydrogen-bond acceptors (Lipinski definition) is 11. The van der Waals surface area contributed by atoms with E-state index >= 15 is 0 Å². The number of anilines is 3. The van der Waals surface area contributed by atoms with Crippen LogP contribution in [0.5, 0.6) is 23.0 Å². The Morgan fingerprint density at radius 2 is 1.43 bits per heavy atom. The van der Waals surface area contributed by atoms with E-state index in [2.05, 4.69) is 33.7 Å². The number of carbonyl (C=O) groups is 3. The van der Waals surface area contributed by atoms with Gasteiger partial charge >= 0.3 is 5.97 Å². The molecule has 4 aromatic rings. The molecule has 0 bridgehead atoms. The molecule has 10 rings (SSSR count). The monoisotopic (exact) mass is 874 g/mol. The zero-order chi connectivity index (χ0) is 42.3. The Kier molecular flexibility index (Phi) is 12.4. The molecule has 0 unspecified atom stereocenters. The molecule has 0 aliphatic carbocycles. The number of halogens is 1. The lowest BCUT2D eigenvalue weighted by molar-refractivity contribution is -0.139. The number of methoxy groups -OCH3 is 1. The Hall–Kier alpha value is -5.59. The molecule has 0 atom stereocenters. The molecule has 0 aromatic heterocycles. The van der Waals surface area contributed by atoms with Gasteiger partial charge in [0.25, 0.3) is 0 Å². The average molecular weight is 875 g/mol. The third kappa shape index (κ3) is 8.12. The molecule has 0 amide bonds. The van der Waals surface area contributed by atoms with Crippen LogP contribution in [0, 0.1) is 6.92 Å². The van der Waals surface area contributed by atoms with Crippen molar-refractivity contribution in [2.45, 2.75) is 58.3 Å². The second kappa shape index (κ2) is 18.3. The highest BCUT2D eigenvalue weighted by atomic mass is 35.5. The van der Waals surface area contributed by atoms with Crippen molar-refractivity contribution in [2.24, 2.45) is 0 Å². The maximum absolute atomic E-state index is 12.9. The van der Waals surface area contributed by atoms with Crippen LogP contribution in [0.2, 0.25) is 0 Å². The van der Waals surface area contributed by atoms with Crippen molar-refractivity contribution in [1.82, 2.24) is 4.58 Å². The first kappa shape index (κ1) is 42.7. The summed E-state index contributed by atoms with van der Waals surface area (Å²) in [5.41, 5.74) is 12.5. The number of nitrogens with zero attached hydrogens (tertiary/aromatic N) is 4. The molecule has 12 nitrogen and oxygen atoms in total. The smallest absolute Gasteiger partial charge is 0.325 e. The van der Waals surface area contributed by atoms with Crippen LogP contribution in [0.4, 0.5) is 17.1 Å². The number of ketones is 1. The molecular weight excluding hydrogens is 820 g/mol. The number of ether oxygens (including phenoxy) is 5. The molecule has 0 N–H and O–H groups in total. The van der Waals surface area contributed by atoms with E-state index in [1.165, 1.54) is 40.4 Å². The van der Waals surface area contributed by atoms with Gasteiger partial charge in [-0.15, -0.1) is 0 Å². The Bertz CT molecular complexity index is 2610. The van der Waals surface area contributed by atoms with E-state index in [0.29, 0.717) is 43.2 Å². The minimum absolute atomic E-state index is 0. The Morgan fingerprint density at radius 3 is 2.19 bits per heavy atom. The number of aldehydes is 1. The molecular formula is C50H55ClN4O8. The van der Waals surface area contributed by atoms with E-state index in [9.17, 15) is 14.4 Å². The van der Waals surface area contributed by atoms with Gasteiger partial charge in [-0.25, -0.2) is 4.58 Å². The minimum Gasteiger partial charge on any atom is -1.00 e. The summed E-state index contributed by atoms with van der Waals surface area (Å²) in [6.45, 7) is 7.90. The lowest BCUT2D eigenvalue weighted by Gasteiger charge is -2.39. The van der Waals surface area contributed by atoms with E-state index in [1.54, 1.807) is 0 Å². The van der Waals surface area contributed by atoms with Crippen molar-refractivity contribution in [2.75, 3.05) is 101 Å². The zero-order valence-corrected chi connectivity index (χ0v) is 37.0. The summed E-state index contributed by atoms with van der Waals surface area (Å²) in [6.07, 6.45) is 8.87. The molecule has 6 aliphatic rings. The SMILES string of the molecule is COC(=O)CN1CCOCCN(CC(=O)C=O)c2ccc(C3=c4cc5c6c(c4Oc4c3cc3c7c4CCCN7CCC3)CCC[N+]=6CCC5)cc2OCCOc2cc(C)ccc21.[Cl-]. The van der Waals surface area contributed by atoms with Gasteiger partial charge in [0.15, 0.2) is 6.29 Å². The average Bonchev–Trinajstić information content (AvgIpc) is 3.29. The quantitative estimate of drug-likeness (QED) is 0.107. The van der Waals surface area contributed by atoms with Crippen LogP contribution in [-0.4, -0.2) is 104 Å². The predicted molar refractivity (Wildman–Crippen MR) is 237 cm³/mol. The van der Waals surface area contributed by atoms with Gasteiger partial charge in [-0.3, -0.25) is 14.4 Å². The number of rotatable bonds is 6. The second-order valence-corrected chi connectivity index (χ2v) is 17.3. The maximum atomic E-state index is 12.9. The summed E-state index contributed by atoms with van der Waals surface area (Å²) in [7, 11) is 1.37. The van der Waals surface area contributed by atoms with Crippen LogP contribution in [-0.2, 0) is 49.5 Å². The van der Waals surface area contributed by atoms with Crippen LogP contribution < -0.4 is 56.5 Å². The van der Waals surface area contributed by atoms with E-state index in [-0.39, 0.29) is 51.3 Å². The molecule has 63 heavy (non-hydrogen) atoms. The number of carbonyl (C=O) groups excluding carboxylic acids is 3. The highest BCUT2D eigenvalue weighted by Crippen LogP contribution is 2.49. The molecule has 6 heterocycles. The van der Waals surface area contributed by atoms with Crippen LogP contribution in [0.3, 0.4) is 0 Å². The van der Waals surface area contributed by atoms with Gasteiger partial charge in [0.1, 0.15) is 55.8 Å². The van der Waals surface area contributed by atoms with Crippen molar-refractivity contribution >= 4 is 40.7 Å². The maximum Gasteiger partial charge on any atom is 0.325 e. The number of Topliss-reactive ketones (excluding diaryl/α,β-unsaturated/α-hetero) is 1. The Balaban J connectivity index is 0.00000504. The van der Waals surface area contributed by atoms with Crippen molar-refractivity contribution in [3.8, 4) is 23.0 Å². The molecule has 13 heteroatoms. The normalized spacial score (nSPS) is 17.8. The van der Waals surface area contributed by atoms with Crippen molar-refractivity contribution in [3.05, 3.63) is 98.1 Å². The highest BCUT2D eigenvalue weighted by molar-refractivity contribution is 6.26. The first-order valence-electron chi connectivity index (χ1n) is 22.4. The minimum atomic E-state index is -0.543. The summed E-state index contributed by atoms with van der Waals surface area (Å²) >= 11 is 0. The number of benzene rings is 4. The number of esters is 1. The topological polar surface area (TPSA) is 110 Å². The van der Waals surface area contributed by atoms with Crippen LogP contribution in [0.1, 0.15) is 64.6 Å². The summed E-state index contributed by atoms with van der Waals surface area (Å²) in [4.78, 5) is 43.5. The predicted octanol–water partition coefficient (Wildman–Crippen LogP) is 1.48. The fraction of sp³-hybridized carbons (Fsp3) is 0.440. The van der Waals surface area contributed by atoms with Crippen molar-refractivity contribution < 1.29 is 50.5 Å². The molecule has 0 radical (unpaired) electrons. The summed E-state index contributed by atoms with van der Waals surface area (Å²) < 4.78 is 34.3. The van der Waals surface area contributed by atoms with Gasteiger partial charge in [-0.1, -0.05) is 12.1 Å². The van der Waals surface area contributed by atoms with E-state index in [0.717, 1.165) is 122 Å². The zero-order valence-electron chi connectivity index (χ0n) is 36.3. The lowest BCUT2D eigenvalue weighted by Crippen LogP contribution is -3.00. The van der Waals surface area contributed by atoms with E-state index in [4.69, 9.17) is 23.7 Å². The Labute approximate surface area is 374 Å². The van der Waals surface area contributed by atoms with Gasteiger partial charge in [0.05, 0.1) is 43.8 Å². The first-order valence-corrected chi connectivity index (χ1v) is 22.4. The van der Waals surface area contributed by atoms with Gasteiger partial charge in [0, 0.05) is 72.2 Å². The second-order valence-electron chi connectivity index (χ2n) is 17.3. The molecule has 0 saturated carbocycles. The molecule has 6 aliphatic heterocycles. The number of hydrogen-bond donors (Lipinski definition) is 0. The third-order valence-corrected chi connectivity index (χ3v) is 13.4. The van der Waals surface area contributed by atoms with Gasteiger partial charge < -0.3 is 50.8 Å².